The lowest BCUT2D eigenvalue weighted by atomic mass is 9.98. The highest BCUT2D eigenvalue weighted by Gasteiger charge is 2.22. The number of aliphatic hydroxyl groups is 1. The number of carbonyl (C=O) groups is 1. The second-order valence-corrected chi connectivity index (χ2v) is 5.07. The quantitative estimate of drug-likeness (QED) is 0.632. The van der Waals surface area contributed by atoms with Crippen molar-refractivity contribution in [1.82, 2.24) is 0 Å². The number of aliphatic hydroxyl groups excluding tert-OH is 1. The number of hydrogen-bond acceptors (Lipinski definition) is 3. The van der Waals surface area contributed by atoms with Gasteiger partial charge in [0.2, 0.25) is 0 Å². The molecule has 0 saturated heterocycles. The highest BCUT2D eigenvalue weighted by molar-refractivity contribution is 5.81. The molecule has 3 heteroatoms. The van der Waals surface area contributed by atoms with Crippen LogP contribution in [-0.2, 0) is 9.53 Å². The molecule has 1 rings (SSSR count). The van der Waals surface area contributed by atoms with Gasteiger partial charge in [-0.15, -0.1) is 0 Å². The van der Waals surface area contributed by atoms with E-state index in [2.05, 4.69) is 6.92 Å². The van der Waals surface area contributed by atoms with Crippen molar-refractivity contribution in [2.45, 2.75) is 64.4 Å². The summed E-state index contributed by atoms with van der Waals surface area (Å²) >= 11 is 0. The summed E-state index contributed by atoms with van der Waals surface area (Å²) in [5.74, 6) is 0.623. The first-order chi connectivity index (χ1) is 8.24. The summed E-state index contributed by atoms with van der Waals surface area (Å²) in [5, 5.41) is 9.66. The Bertz CT molecular complexity index is 210. The van der Waals surface area contributed by atoms with Crippen LogP contribution in [0.25, 0.3) is 0 Å². The molecule has 0 amide bonds. The van der Waals surface area contributed by atoms with Crippen LogP contribution < -0.4 is 0 Å². The second-order valence-electron chi connectivity index (χ2n) is 5.07. The van der Waals surface area contributed by atoms with Gasteiger partial charge >= 0.3 is 0 Å². The third kappa shape index (κ3) is 6.18. The third-order valence-electron chi connectivity index (χ3n) is 3.49. The standard InChI is InChI=1S/C14H26O3/c1-2-3-10-17-11-13(15)8-9-14(16)12-6-4-5-7-12/h12-13,15H,2-11H2,1H3. The average molecular weight is 242 g/mol. The van der Waals surface area contributed by atoms with Crippen molar-refractivity contribution in [2.75, 3.05) is 13.2 Å². The van der Waals surface area contributed by atoms with E-state index in [0.29, 0.717) is 31.8 Å². The molecule has 1 fully saturated rings. The molecule has 3 nitrogen and oxygen atoms in total. The van der Waals surface area contributed by atoms with Crippen molar-refractivity contribution in [3.63, 3.8) is 0 Å². The molecule has 0 aromatic rings. The zero-order valence-corrected chi connectivity index (χ0v) is 11.0. The van der Waals surface area contributed by atoms with Crippen LogP contribution in [0.15, 0.2) is 0 Å². The molecule has 1 aliphatic rings. The monoisotopic (exact) mass is 242 g/mol. The van der Waals surface area contributed by atoms with Gasteiger partial charge in [-0.2, -0.15) is 0 Å². The van der Waals surface area contributed by atoms with Gasteiger partial charge in [0.1, 0.15) is 5.78 Å². The largest absolute Gasteiger partial charge is 0.391 e. The van der Waals surface area contributed by atoms with Gasteiger partial charge in [-0.3, -0.25) is 4.79 Å². The first-order valence-electron chi connectivity index (χ1n) is 7.02. The minimum atomic E-state index is -0.475. The van der Waals surface area contributed by atoms with E-state index in [1.165, 1.54) is 12.8 Å². The van der Waals surface area contributed by atoms with Crippen LogP contribution in [0.2, 0.25) is 0 Å². The van der Waals surface area contributed by atoms with Gasteiger partial charge in [-0.25, -0.2) is 0 Å². The summed E-state index contributed by atoms with van der Waals surface area (Å²) in [6.07, 6.45) is 7.24. The Morgan fingerprint density at radius 3 is 2.76 bits per heavy atom. The topological polar surface area (TPSA) is 46.5 Å². The Balaban J connectivity index is 2.02. The van der Waals surface area contributed by atoms with Gasteiger partial charge in [-0.05, 0) is 25.7 Å². The van der Waals surface area contributed by atoms with E-state index in [1.54, 1.807) is 0 Å². The van der Waals surface area contributed by atoms with Crippen LogP contribution in [0.5, 0.6) is 0 Å². The molecular weight excluding hydrogens is 216 g/mol. The minimum absolute atomic E-state index is 0.281. The van der Waals surface area contributed by atoms with Crippen molar-refractivity contribution in [1.29, 1.82) is 0 Å². The predicted octanol–water partition coefficient (Wildman–Crippen LogP) is 2.70. The number of carbonyl (C=O) groups excluding carboxylic acids is 1. The highest BCUT2D eigenvalue weighted by atomic mass is 16.5. The Morgan fingerprint density at radius 2 is 2.12 bits per heavy atom. The number of Topliss-reactive ketones (excluding diaryl/α,β-unsaturated/α-hetero) is 1. The lowest BCUT2D eigenvalue weighted by molar-refractivity contribution is -0.123. The fourth-order valence-electron chi connectivity index (χ4n) is 2.31. The Labute approximate surface area is 105 Å². The number of unbranched alkanes of at least 4 members (excludes halogenated alkanes) is 1. The van der Waals surface area contributed by atoms with E-state index < -0.39 is 6.10 Å². The SMILES string of the molecule is CCCCOCC(O)CCC(=O)C1CCCC1. The van der Waals surface area contributed by atoms with E-state index in [1.807, 2.05) is 0 Å². The fourth-order valence-corrected chi connectivity index (χ4v) is 2.31. The molecule has 0 bridgehead atoms. The summed E-state index contributed by atoms with van der Waals surface area (Å²) in [7, 11) is 0. The minimum Gasteiger partial charge on any atom is -0.391 e. The lowest BCUT2D eigenvalue weighted by Gasteiger charge is -2.12. The Hall–Kier alpha value is -0.410. The number of hydrogen-bond donors (Lipinski definition) is 1. The molecule has 0 heterocycles. The molecular formula is C14H26O3. The molecule has 1 N–H and O–H groups in total. The zero-order chi connectivity index (χ0) is 12.5. The van der Waals surface area contributed by atoms with E-state index in [-0.39, 0.29) is 5.92 Å². The van der Waals surface area contributed by atoms with Crippen LogP contribution in [0, 0.1) is 5.92 Å². The lowest BCUT2D eigenvalue weighted by Crippen LogP contribution is -2.19. The summed E-state index contributed by atoms with van der Waals surface area (Å²) in [4.78, 5) is 11.8. The maximum absolute atomic E-state index is 11.8. The Kier molecular flexibility index (Phi) is 7.45. The molecule has 0 spiro atoms. The smallest absolute Gasteiger partial charge is 0.136 e. The van der Waals surface area contributed by atoms with Gasteiger partial charge in [0, 0.05) is 18.9 Å². The second kappa shape index (κ2) is 8.65. The van der Waals surface area contributed by atoms with Gasteiger partial charge in [0.05, 0.1) is 12.7 Å². The van der Waals surface area contributed by atoms with Crippen molar-refractivity contribution in [3.05, 3.63) is 0 Å². The van der Waals surface area contributed by atoms with Crippen molar-refractivity contribution in [3.8, 4) is 0 Å². The zero-order valence-electron chi connectivity index (χ0n) is 11.0. The van der Waals surface area contributed by atoms with Crippen LogP contribution in [-0.4, -0.2) is 30.2 Å². The van der Waals surface area contributed by atoms with E-state index in [0.717, 1.165) is 25.7 Å². The van der Waals surface area contributed by atoms with Crippen LogP contribution >= 0.6 is 0 Å². The number of rotatable bonds is 9. The first kappa shape index (κ1) is 14.7. The van der Waals surface area contributed by atoms with Crippen LogP contribution in [0.4, 0.5) is 0 Å². The first-order valence-corrected chi connectivity index (χ1v) is 7.02. The van der Waals surface area contributed by atoms with Crippen LogP contribution in [0.1, 0.15) is 58.3 Å². The normalized spacial score (nSPS) is 18.5. The van der Waals surface area contributed by atoms with E-state index >= 15 is 0 Å². The van der Waals surface area contributed by atoms with Crippen molar-refractivity contribution < 1.29 is 14.6 Å². The van der Waals surface area contributed by atoms with Gasteiger partial charge in [0.25, 0.3) is 0 Å². The molecule has 1 saturated carbocycles. The molecule has 0 aromatic heterocycles. The predicted molar refractivity (Wildman–Crippen MR) is 67.9 cm³/mol. The average Bonchev–Trinajstić information content (AvgIpc) is 2.85. The molecule has 1 unspecified atom stereocenters. The van der Waals surface area contributed by atoms with Crippen LogP contribution in [0.3, 0.4) is 0 Å². The summed E-state index contributed by atoms with van der Waals surface area (Å²) in [6.45, 7) is 3.20. The van der Waals surface area contributed by atoms with Gasteiger partial charge in [-0.1, -0.05) is 26.2 Å². The summed E-state index contributed by atoms with van der Waals surface area (Å²) < 4.78 is 5.33. The maximum atomic E-state index is 11.8. The molecule has 0 aromatic carbocycles. The molecule has 17 heavy (non-hydrogen) atoms. The summed E-state index contributed by atoms with van der Waals surface area (Å²) in [6, 6.07) is 0. The fraction of sp³-hybridized carbons (Fsp3) is 0.929. The molecule has 0 radical (unpaired) electrons. The van der Waals surface area contributed by atoms with Crippen molar-refractivity contribution >= 4 is 5.78 Å². The van der Waals surface area contributed by atoms with E-state index in [4.69, 9.17) is 4.74 Å². The highest BCUT2D eigenvalue weighted by Crippen LogP contribution is 2.26. The molecule has 1 atom stereocenters. The van der Waals surface area contributed by atoms with E-state index in [9.17, 15) is 9.90 Å². The number of ketones is 1. The summed E-state index contributed by atoms with van der Waals surface area (Å²) in [5.41, 5.74) is 0. The number of ether oxygens (including phenoxy) is 1. The third-order valence-corrected chi connectivity index (χ3v) is 3.49. The molecule has 100 valence electrons. The maximum Gasteiger partial charge on any atom is 0.136 e. The Morgan fingerprint density at radius 1 is 1.41 bits per heavy atom. The van der Waals surface area contributed by atoms with Crippen molar-refractivity contribution in [2.24, 2.45) is 5.92 Å². The molecule has 0 aliphatic heterocycles. The van der Waals surface area contributed by atoms with Gasteiger partial charge in [0.15, 0.2) is 0 Å². The van der Waals surface area contributed by atoms with Gasteiger partial charge < -0.3 is 9.84 Å². The molecule has 1 aliphatic carbocycles.